The third-order valence-corrected chi connectivity index (χ3v) is 3.63. The van der Waals surface area contributed by atoms with Crippen LogP contribution in [0.2, 0.25) is 0 Å². The molecule has 1 N–H and O–H groups in total. The summed E-state index contributed by atoms with van der Waals surface area (Å²) in [5.74, 6) is 1.56. The summed E-state index contributed by atoms with van der Waals surface area (Å²) >= 11 is 0. The van der Waals surface area contributed by atoms with Crippen LogP contribution in [-0.2, 0) is 0 Å². The van der Waals surface area contributed by atoms with Crippen molar-refractivity contribution in [3.8, 4) is 5.88 Å². The first-order valence-electron chi connectivity index (χ1n) is 7.00. The van der Waals surface area contributed by atoms with Crippen LogP contribution in [-0.4, -0.2) is 41.1 Å². The molecule has 1 aromatic heterocycles. The van der Waals surface area contributed by atoms with Crippen molar-refractivity contribution in [1.29, 1.82) is 0 Å². The molecule has 20 heavy (non-hydrogen) atoms. The van der Waals surface area contributed by atoms with Crippen LogP contribution in [0.4, 0.5) is 10.5 Å². The highest BCUT2D eigenvalue weighted by molar-refractivity contribution is 5.90. The van der Waals surface area contributed by atoms with Gasteiger partial charge in [-0.05, 0) is 24.7 Å². The minimum absolute atomic E-state index is 0.112. The number of carbonyl (C=O) groups excluding carboxylic acids is 1. The minimum Gasteiger partial charge on any atom is -0.479 e. The monoisotopic (exact) mass is 278 g/mol. The van der Waals surface area contributed by atoms with E-state index in [0.717, 1.165) is 19.5 Å². The van der Waals surface area contributed by atoms with Crippen LogP contribution in [0.25, 0.3) is 0 Å². The molecular formula is C14H22N4O2. The van der Waals surface area contributed by atoms with Crippen molar-refractivity contribution in [3.63, 3.8) is 0 Å². The number of aromatic nitrogens is 2. The number of nitrogens with one attached hydrogen (secondary N) is 1. The highest BCUT2D eigenvalue weighted by atomic mass is 16.5. The summed E-state index contributed by atoms with van der Waals surface area (Å²) in [5, 5.41) is 2.83. The maximum atomic E-state index is 12.3. The Balaban J connectivity index is 2.04. The molecule has 2 heterocycles. The van der Waals surface area contributed by atoms with Crippen molar-refractivity contribution in [2.24, 2.45) is 11.8 Å². The molecule has 6 nitrogen and oxygen atoms in total. The first kappa shape index (κ1) is 14.6. The molecule has 0 radical (unpaired) electrons. The molecule has 2 amide bonds. The van der Waals surface area contributed by atoms with Crippen molar-refractivity contribution >= 4 is 11.7 Å². The molecule has 0 unspecified atom stereocenters. The Morgan fingerprint density at radius 1 is 1.45 bits per heavy atom. The van der Waals surface area contributed by atoms with E-state index in [2.05, 4.69) is 29.1 Å². The number of nitrogens with zero attached hydrogens (tertiary/aromatic N) is 3. The number of methoxy groups -OCH3 is 1. The molecule has 1 aromatic rings. The quantitative estimate of drug-likeness (QED) is 0.902. The predicted molar refractivity (Wildman–Crippen MR) is 76.7 cm³/mol. The van der Waals surface area contributed by atoms with Gasteiger partial charge < -0.3 is 15.0 Å². The zero-order valence-electron chi connectivity index (χ0n) is 12.3. The largest absolute Gasteiger partial charge is 0.479 e. The standard InChI is InChI=1S/C14H22N4O2/c1-10-4-5-18(8-11(2)6-10)14(19)17-12-7-15-9-16-13(12)20-3/h7,9-11H,4-6,8H2,1-3H3,(H,17,19)/t10-,11+/m1/s1. The van der Waals surface area contributed by atoms with Gasteiger partial charge in [-0.1, -0.05) is 13.8 Å². The van der Waals surface area contributed by atoms with E-state index < -0.39 is 0 Å². The van der Waals surface area contributed by atoms with E-state index in [1.807, 2.05) is 4.90 Å². The molecule has 1 aliphatic heterocycles. The Hall–Kier alpha value is -1.85. The second kappa shape index (κ2) is 6.54. The summed E-state index contributed by atoms with van der Waals surface area (Å²) in [6, 6.07) is -0.112. The summed E-state index contributed by atoms with van der Waals surface area (Å²) < 4.78 is 5.11. The predicted octanol–water partition coefficient (Wildman–Crippen LogP) is 2.39. The van der Waals surface area contributed by atoms with Crippen LogP contribution >= 0.6 is 0 Å². The van der Waals surface area contributed by atoms with Gasteiger partial charge in [0.15, 0.2) is 0 Å². The summed E-state index contributed by atoms with van der Waals surface area (Å²) in [7, 11) is 1.52. The van der Waals surface area contributed by atoms with Crippen LogP contribution in [0.5, 0.6) is 5.88 Å². The maximum Gasteiger partial charge on any atom is 0.322 e. The fraction of sp³-hybridized carbons (Fsp3) is 0.643. The van der Waals surface area contributed by atoms with Crippen LogP contribution < -0.4 is 10.1 Å². The molecule has 2 rings (SSSR count). The molecule has 1 fully saturated rings. The lowest BCUT2D eigenvalue weighted by Crippen LogP contribution is -2.37. The van der Waals surface area contributed by atoms with E-state index in [1.165, 1.54) is 19.9 Å². The lowest BCUT2D eigenvalue weighted by molar-refractivity contribution is 0.207. The topological polar surface area (TPSA) is 67.4 Å². The molecule has 1 aliphatic rings. The number of rotatable bonds is 2. The fourth-order valence-electron chi connectivity index (χ4n) is 2.67. The third kappa shape index (κ3) is 3.59. The number of hydrogen-bond donors (Lipinski definition) is 1. The van der Waals surface area contributed by atoms with Gasteiger partial charge in [-0.15, -0.1) is 0 Å². The van der Waals surface area contributed by atoms with Gasteiger partial charge in [0.2, 0.25) is 5.88 Å². The minimum atomic E-state index is -0.112. The number of likely N-dealkylation sites (tertiary alicyclic amines) is 1. The zero-order valence-corrected chi connectivity index (χ0v) is 12.3. The first-order valence-corrected chi connectivity index (χ1v) is 7.00. The van der Waals surface area contributed by atoms with Crippen molar-refractivity contribution < 1.29 is 9.53 Å². The van der Waals surface area contributed by atoms with Gasteiger partial charge in [0.1, 0.15) is 12.0 Å². The van der Waals surface area contributed by atoms with E-state index in [0.29, 0.717) is 23.4 Å². The highest BCUT2D eigenvalue weighted by Crippen LogP contribution is 2.23. The van der Waals surface area contributed by atoms with Gasteiger partial charge in [-0.3, -0.25) is 0 Å². The highest BCUT2D eigenvalue weighted by Gasteiger charge is 2.23. The molecule has 0 aliphatic carbocycles. The van der Waals surface area contributed by atoms with Crippen molar-refractivity contribution in [1.82, 2.24) is 14.9 Å². The molecule has 6 heteroatoms. The van der Waals surface area contributed by atoms with E-state index in [1.54, 1.807) is 6.20 Å². The summed E-state index contributed by atoms with van der Waals surface area (Å²) in [5.41, 5.74) is 0.505. The number of amides is 2. The van der Waals surface area contributed by atoms with E-state index in [-0.39, 0.29) is 6.03 Å². The average Bonchev–Trinajstić information content (AvgIpc) is 2.60. The number of carbonyl (C=O) groups is 1. The van der Waals surface area contributed by atoms with Crippen LogP contribution in [0.15, 0.2) is 12.5 Å². The molecule has 2 atom stereocenters. The van der Waals surface area contributed by atoms with Crippen LogP contribution in [0.3, 0.4) is 0 Å². The third-order valence-electron chi connectivity index (χ3n) is 3.63. The molecule has 0 bridgehead atoms. The Morgan fingerprint density at radius 2 is 2.25 bits per heavy atom. The van der Waals surface area contributed by atoms with Crippen LogP contribution in [0, 0.1) is 11.8 Å². The number of ether oxygens (including phenoxy) is 1. The Kier molecular flexibility index (Phi) is 4.76. The van der Waals surface area contributed by atoms with Gasteiger partial charge in [-0.2, -0.15) is 4.98 Å². The van der Waals surface area contributed by atoms with Crippen LogP contribution in [0.1, 0.15) is 26.7 Å². The average molecular weight is 278 g/mol. The Labute approximate surface area is 119 Å². The lowest BCUT2D eigenvalue weighted by atomic mass is 9.97. The normalized spacial score (nSPS) is 23.1. The van der Waals surface area contributed by atoms with Crippen molar-refractivity contribution in [2.45, 2.75) is 26.7 Å². The van der Waals surface area contributed by atoms with Gasteiger partial charge in [0.05, 0.1) is 13.3 Å². The summed E-state index contributed by atoms with van der Waals surface area (Å²) in [6.45, 7) is 6.00. The van der Waals surface area contributed by atoms with Crippen molar-refractivity contribution in [2.75, 3.05) is 25.5 Å². The van der Waals surface area contributed by atoms with Crippen molar-refractivity contribution in [3.05, 3.63) is 12.5 Å². The maximum absolute atomic E-state index is 12.3. The van der Waals surface area contributed by atoms with Gasteiger partial charge in [0, 0.05) is 13.1 Å². The van der Waals surface area contributed by atoms with E-state index >= 15 is 0 Å². The fourth-order valence-corrected chi connectivity index (χ4v) is 2.67. The molecule has 0 aromatic carbocycles. The molecule has 0 saturated carbocycles. The Morgan fingerprint density at radius 3 is 3.00 bits per heavy atom. The van der Waals surface area contributed by atoms with E-state index in [9.17, 15) is 4.79 Å². The first-order chi connectivity index (χ1) is 9.60. The zero-order chi connectivity index (χ0) is 14.5. The van der Waals surface area contributed by atoms with E-state index in [4.69, 9.17) is 4.74 Å². The number of urea groups is 1. The van der Waals surface area contributed by atoms with Gasteiger partial charge >= 0.3 is 6.03 Å². The van der Waals surface area contributed by atoms with Gasteiger partial charge in [-0.25, -0.2) is 9.78 Å². The molecule has 110 valence electrons. The summed E-state index contributed by atoms with van der Waals surface area (Å²) in [4.78, 5) is 22.1. The number of anilines is 1. The number of hydrogen-bond acceptors (Lipinski definition) is 4. The molecule has 0 spiro atoms. The summed E-state index contributed by atoms with van der Waals surface area (Å²) in [6.07, 6.45) is 5.15. The Bertz CT molecular complexity index is 466. The smallest absolute Gasteiger partial charge is 0.322 e. The molecule has 1 saturated heterocycles. The van der Waals surface area contributed by atoms with Gasteiger partial charge in [0.25, 0.3) is 0 Å². The molecular weight excluding hydrogens is 256 g/mol. The lowest BCUT2D eigenvalue weighted by Gasteiger charge is -2.23. The SMILES string of the molecule is COc1ncncc1NC(=O)N1CC[C@@H](C)C[C@H](C)C1. The second-order valence-corrected chi connectivity index (χ2v) is 5.56. The second-order valence-electron chi connectivity index (χ2n) is 5.56.